The molecule has 0 saturated heterocycles. The molecule has 106 valence electrons. The van der Waals surface area contributed by atoms with Crippen LogP contribution < -0.4 is 10.1 Å². The van der Waals surface area contributed by atoms with Crippen molar-refractivity contribution in [2.75, 3.05) is 6.54 Å². The van der Waals surface area contributed by atoms with Crippen LogP contribution in [0.1, 0.15) is 18.2 Å². The lowest BCUT2D eigenvalue weighted by molar-refractivity contribution is 0.298. The lowest BCUT2D eigenvalue weighted by atomic mass is 10.2. The van der Waals surface area contributed by atoms with E-state index in [-0.39, 0.29) is 6.61 Å². The fourth-order valence-corrected chi connectivity index (χ4v) is 1.65. The van der Waals surface area contributed by atoms with Crippen LogP contribution in [0.5, 0.6) is 5.75 Å². The van der Waals surface area contributed by atoms with E-state index in [9.17, 15) is 8.78 Å². The molecule has 20 heavy (non-hydrogen) atoms. The third-order valence-electron chi connectivity index (χ3n) is 2.76. The number of hydrogen-bond donors (Lipinski definition) is 1. The third-order valence-corrected chi connectivity index (χ3v) is 2.76. The zero-order chi connectivity index (χ0) is 14.4. The Balaban J connectivity index is 1.93. The van der Waals surface area contributed by atoms with Gasteiger partial charge in [-0.2, -0.15) is 0 Å². The maximum absolute atomic E-state index is 13.4. The van der Waals surface area contributed by atoms with Crippen molar-refractivity contribution in [3.8, 4) is 5.75 Å². The van der Waals surface area contributed by atoms with Gasteiger partial charge in [0.05, 0.1) is 11.9 Å². The Labute approximate surface area is 116 Å². The van der Waals surface area contributed by atoms with Gasteiger partial charge in [-0.05, 0) is 30.8 Å². The van der Waals surface area contributed by atoms with Gasteiger partial charge < -0.3 is 10.1 Å². The van der Waals surface area contributed by atoms with Crippen molar-refractivity contribution in [3.05, 3.63) is 59.4 Å². The molecule has 0 bridgehead atoms. The first-order chi connectivity index (χ1) is 9.69. The molecule has 0 amide bonds. The minimum absolute atomic E-state index is 0.0420. The molecule has 0 aliphatic rings. The van der Waals surface area contributed by atoms with E-state index in [2.05, 4.69) is 10.3 Å². The standard InChI is InChI=1S/C15H16F2N2O/c1-2-18-8-13-5-6-14(9-19-13)20-10-11-3-4-12(16)7-15(11)17/h3-7,9,18H,2,8,10H2,1H3. The van der Waals surface area contributed by atoms with E-state index in [1.165, 1.54) is 12.1 Å². The van der Waals surface area contributed by atoms with Crippen LogP contribution in [0.2, 0.25) is 0 Å². The SMILES string of the molecule is CCNCc1ccc(OCc2ccc(F)cc2F)cn1. The van der Waals surface area contributed by atoms with Crippen molar-refractivity contribution in [1.82, 2.24) is 10.3 Å². The minimum Gasteiger partial charge on any atom is -0.487 e. The number of rotatable bonds is 6. The summed E-state index contributed by atoms with van der Waals surface area (Å²) in [6.45, 7) is 3.64. The number of halogens is 2. The third kappa shape index (κ3) is 3.99. The molecule has 3 nitrogen and oxygen atoms in total. The van der Waals surface area contributed by atoms with Gasteiger partial charge in [-0.25, -0.2) is 8.78 Å². The van der Waals surface area contributed by atoms with Crippen molar-refractivity contribution >= 4 is 0 Å². The Morgan fingerprint density at radius 3 is 2.70 bits per heavy atom. The van der Waals surface area contributed by atoms with Gasteiger partial charge in [-0.3, -0.25) is 4.98 Å². The highest BCUT2D eigenvalue weighted by Crippen LogP contribution is 2.14. The zero-order valence-electron chi connectivity index (χ0n) is 11.2. The van der Waals surface area contributed by atoms with Gasteiger partial charge in [0.25, 0.3) is 0 Å². The first-order valence-electron chi connectivity index (χ1n) is 6.41. The second kappa shape index (κ2) is 6.96. The monoisotopic (exact) mass is 278 g/mol. The second-order valence-electron chi connectivity index (χ2n) is 4.29. The molecule has 1 heterocycles. The van der Waals surface area contributed by atoms with E-state index in [0.29, 0.717) is 17.9 Å². The molecule has 0 radical (unpaired) electrons. The van der Waals surface area contributed by atoms with Crippen LogP contribution in [-0.2, 0) is 13.2 Å². The molecule has 0 spiro atoms. The molecule has 0 unspecified atom stereocenters. The van der Waals surface area contributed by atoms with Crippen LogP contribution in [-0.4, -0.2) is 11.5 Å². The van der Waals surface area contributed by atoms with Gasteiger partial charge in [0.1, 0.15) is 24.0 Å². The summed E-state index contributed by atoms with van der Waals surface area (Å²) in [5, 5.41) is 3.17. The number of nitrogens with zero attached hydrogens (tertiary/aromatic N) is 1. The number of benzene rings is 1. The summed E-state index contributed by atoms with van der Waals surface area (Å²) >= 11 is 0. The average molecular weight is 278 g/mol. The van der Waals surface area contributed by atoms with E-state index < -0.39 is 11.6 Å². The summed E-state index contributed by atoms with van der Waals surface area (Å²) in [6, 6.07) is 7.05. The van der Waals surface area contributed by atoms with Crippen molar-refractivity contribution in [2.45, 2.75) is 20.1 Å². The molecular formula is C15H16F2N2O. The maximum atomic E-state index is 13.4. The van der Waals surface area contributed by atoms with Crippen LogP contribution in [0.15, 0.2) is 36.5 Å². The van der Waals surface area contributed by atoms with Crippen LogP contribution >= 0.6 is 0 Å². The number of hydrogen-bond acceptors (Lipinski definition) is 3. The molecule has 0 saturated carbocycles. The van der Waals surface area contributed by atoms with Gasteiger partial charge in [-0.1, -0.05) is 6.92 Å². The van der Waals surface area contributed by atoms with Gasteiger partial charge in [0.15, 0.2) is 0 Å². The Morgan fingerprint density at radius 1 is 1.20 bits per heavy atom. The first kappa shape index (κ1) is 14.4. The zero-order valence-corrected chi connectivity index (χ0v) is 11.2. The molecule has 0 fully saturated rings. The van der Waals surface area contributed by atoms with Crippen molar-refractivity contribution < 1.29 is 13.5 Å². The van der Waals surface area contributed by atoms with E-state index in [1.54, 1.807) is 12.3 Å². The normalized spacial score (nSPS) is 10.6. The Morgan fingerprint density at radius 2 is 2.05 bits per heavy atom. The summed E-state index contributed by atoms with van der Waals surface area (Å²) in [4.78, 5) is 4.22. The largest absolute Gasteiger partial charge is 0.487 e. The summed E-state index contributed by atoms with van der Waals surface area (Å²) in [5.74, 6) is -0.656. The summed E-state index contributed by atoms with van der Waals surface area (Å²) in [5.41, 5.74) is 1.22. The lowest BCUT2D eigenvalue weighted by Gasteiger charge is -2.08. The van der Waals surface area contributed by atoms with Crippen molar-refractivity contribution in [1.29, 1.82) is 0 Å². The Kier molecular flexibility index (Phi) is 5.01. The summed E-state index contributed by atoms with van der Waals surface area (Å²) in [7, 11) is 0. The van der Waals surface area contributed by atoms with Crippen LogP contribution in [0.25, 0.3) is 0 Å². The second-order valence-corrected chi connectivity index (χ2v) is 4.29. The highest BCUT2D eigenvalue weighted by molar-refractivity contribution is 5.22. The van der Waals surface area contributed by atoms with E-state index in [4.69, 9.17) is 4.74 Å². The summed E-state index contributed by atoms with van der Waals surface area (Å²) in [6.07, 6.45) is 1.59. The highest BCUT2D eigenvalue weighted by Gasteiger charge is 2.05. The Hall–Kier alpha value is -2.01. The van der Waals surface area contributed by atoms with Crippen molar-refractivity contribution in [2.24, 2.45) is 0 Å². The van der Waals surface area contributed by atoms with E-state index >= 15 is 0 Å². The maximum Gasteiger partial charge on any atom is 0.138 e. The fraction of sp³-hybridized carbons (Fsp3) is 0.267. The lowest BCUT2D eigenvalue weighted by Crippen LogP contribution is -2.12. The number of aromatic nitrogens is 1. The molecule has 2 aromatic rings. The topological polar surface area (TPSA) is 34.1 Å². The van der Waals surface area contributed by atoms with Crippen LogP contribution in [0.4, 0.5) is 8.78 Å². The quantitative estimate of drug-likeness (QED) is 0.882. The molecule has 1 aromatic carbocycles. The first-order valence-corrected chi connectivity index (χ1v) is 6.41. The highest BCUT2D eigenvalue weighted by atomic mass is 19.1. The van der Waals surface area contributed by atoms with Gasteiger partial charge in [0, 0.05) is 18.2 Å². The summed E-state index contributed by atoms with van der Waals surface area (Å²) < 4.78 is 31.6. The molecule has 5 heteroatoms. The molecule has 0 atom stereocenters. The predicted molar refractivity (Wildman–Crippen MR) is 72.3 cm³/mol. The van der Waals surface area contributed by atoms with Gasteiger partial charge in [0.2, 0.25) is 0 Å². The molecule has 0 aliphatic heterocycles. The molecular weight excluding hydrogens is 262 g/mol. The Bertz CT molecular complexity index is 558. The molecule has 1 aromatic heterocycles. The van der Waals surface area contributed by atoms with Gasteiger partial charge in [-0.15, -0.1) is 0 Å². The minimum atomic E-state index is -0.610. The predicted octanol–water partition coefficient (Wildman–Crippen LogP) is 3.05. The van der Waals surface area contributed by atoms with Crippen molar-refractivity contribution in [3.63, 3.8) is 0 Å². The van der Waals surface area contributed by atoms with Crippen LogP contribution in [0.3, 0.4) is 0 Å². The molecule has 1 N–H and O–H groups in total. The number of pyridine rings is 1. The van der Waals surface area contributed by atoms with E-state index in [1.807, 2.05) is 13.0 Å². The number of nitrogens with one attached hydrogen (secondary N) is 1. The smallest absolute Gasteiger partial charge is 0.138 e. The van der Waals surface area contributed by atoms with E-state index in [0.717, 1.165) is 18.3 Å². The molecule has 2 rings (SSSR count). The number of ether oxygens (including phenoxy) is 1. The fourth-order valence-electron chi connectivity index (χ4n) is 1.65. The van der Waals surface area contributed by atoms with Crippen LogP contribution in [0, 0.1) is 11.6 Å². The average Bonchev–Trinajstić information content (AvgIpc) is 2.45. The van der Waals surface area contributed by atoms with Gasteiger partial charge >= 0.3 is 0 Å². The molecule has 0 aliphatic carbocycles.